The van der Waals surface area contributed by atoms with Gasteiger partial charge in [0.25, 0.3) is 21.6 Å². The van der Waals surface area contributed by atoms with Crippen LogP contribution in [0.4, 0.5) is 28.4 Å². The SMILES string of the molecule is CC(C)Oc1ccccc1[C@@H]1CCCN1C1CC2(CCN(c3ccc(C(=O)NS(=O)(=O)c4cc5c(c([N+](=O)[O-])c4)N[C@@H](CN4CCC(C)(O)CC4)CO5)c(N4c5cc6cc[nH]c6nc5O[C@@H]5COC[C@H]54)c3)CC2)C1. The van der Waals surface area contributed by atoms with E-state index in [1.54, 1.807) is 12.3 Å². The monoisotopic (exact) mass is 1030 g/mol. The summed E-state index contributed by atoms with van der Waals surface area (Å²) in [5.74, 6) is 0.422. The molecule has 7 aliphatic rings. The number of sulfonamides is 1. The number of fused-ring (bicyclic) bond motifs is 4. The molecule has 1 amide bonds. The van der Waals surface area contributed by atoms with Crippen LogP contribution in [0.3, 0.4) is 0 Å². The number of pyridine rings is 1. The van der Waals surface area contributed by atoms with E-state index in [2.05, 4.69) is 67.8 Å². The van der Waals surface area contributed by atoms with E-state index in [0.29, 0.717) is 74.1 Å². The van der Waals surface area contributed by atoms with Gasteiger partial charge in [-0.2, -0.15) is 4.98 Å². The largest absolute Gasteiger partial charge is 0.491 e. The van der Waals surface area contributed by atoms with Crippen molar-refractivity contribution in [3.05, 3.63) is 94.2 Å². The standard InChI is InChI=1S/C54H65N9O10S/c1-33(2)72-46-9-5-4-7-39(46)41-8-6-18-61(41)37-27-54(28-37)15-21-60(22-16-54)36-10-11-40(42(24-36)62-44-23-34-12-17-55-50(34)57-52(44)73-48-32-70-31-45(48)62)51(64)58-74(68,69)38-25-43(63(66)67)49-47(26-38)71-30-35(56-49)29-59-19-13-53(3,65)14-20-59/h4-5,7,9-12,17,23-26,33,35,37,41,45,48,56,65H,6,8,13-16,18-22,27-32H2,1-3H3,(H,55,57)(H,58,64)/t35-,41-,45+,48+/m0/s1. The number of hydrogen-bond acceptors (Lipinski definition) is 16. The van der Waals surface area contributed by atoms with Crippen molar-refractivity contribution in [2.45, 2.75) is 119 Å². The van der Waals surface area contributed by atoms with Gasteiger partial charge in [-0.3, -0.25) is 19.8 Å². The number of ether oxygens (including phenoxy) is 4. The third-order valence-corrected chi connectivity index (χ3v) is 18.1. The number of piperidine rings is 2. The molecular weight excluding hydrogens is 967 g/mol. The van der Waals surface area contributed by atoms with Gasteiger partial charge in [0, 0.05) is 79.8 Å². The Morgan fingerprint density at radius 2 is 1.78 bits per heavy atom. The number of carbonyl (C=O) groups is 1. The Morgan fingerprint density at radius 3 is 2.57 bits per heavy atom. The summed E-state index contributed by atoms with van der Waals surface area (Å²) in [4.78, 5) is 43.4. The van der Waals surface area contributed by atoms with E-state index in [0.717, 1.165) is 74.6 Å². The Bertz CT molecular complexity index is 3090. The Kier molecular flexibility index (Phi) is 12.4. The number of H-pyrrole nitrogens is 1. The molecule has 74 heavy (non-hydrogen) atoms. The first-order chi connectivity index (χ1) is 35.6. The number of nitro groups is 1. The number of aromatic amines is 1. The van der Waals surface area contributed by atoms with Gasteiger partial charge in [-0.05, 0) is 120 Å². The lowest BCUT2D eigenvalue weighted by molar-refractivity contribution is -0.384. The Balaban J connectivity index is 0.809. The molecule has 2 aromatic heterocycles. The summed E-state index contributed by atoms with van der Waals surface area (Å²) in [5, 5.41) is 27.0. The third-order valence-electron chi connectivity index (χ3n) is 16.7. The van der Waals surface area contributed by atoms with Crippen LogP contribution in [-0.4, -0.2) is 139 Å². The van der Waals surface area contributed by atoms with Gasteiger partial charge in [-0.1, -0.05) is 18.2 Å². The molecule has 5 fully saturated rings. The summed E-state index contributed by atoms with van der Waals surface area (Å²) in [6.45, 7) is 11.2. The number of anilines is 4. The minimum absolute atomic E-state index is 0.00499. The highest BCUT2D eigenvalue weighted by atomic mass is 32.2. The number of amides is 1. The van der Waals surface area contributed by atoms with Crippen LogP contribution in [0.5, 0.6) is 17.4 Å². The van der Waals surface area contributed by atoms with Gasteiger partial charge in [-0.15, -0.1) is 0 Å². The van der Waals surface area contributed by atoms with Crippen molar-refractivity contribution in [3.8, 4) is 17.4 Å². The van der Waals surface area contributed by atoms with E-state index >= 15 is 0 Å². The van der Waals surface area contributed by atoms with Crippen molar-refractivity contribution in [3.63, 3.8) is 0 Å². The second kappa shape index (κ2) is 18.9. The number of benzene rings is 3. The molecule has 0 bridgehead atoms. The molecule has 4 saturated heterocycles. The van der Waals surface area contributed by atoms with Crippen LogP contribution in [0, 0.1) is 15.5 Å². The van der Waals surface area contributed by atoms with Crippen LogP contribution >= 0.6 is 0 Å². The maximum Gasteiger partial charge on any atom is 0.297 e. The van der Waals surface area contributed by atoms with Gasteiger partial charge in [-0.25, -0.2) is 13.1 Å². The number of nitrogens with zero attached hydrogens (tertiary/aromatic N) is 6. The van der Waals surface area contributed by atoms with Crippen molar-refractivity contribution in [2.75, 3.05) is 74.2 Å². The molecule has 1 spiro atoms. The molecule has 4 N–H and O–H groups in total. The van der Waals surface area contributed by atoms with Crippen molar-refractivity contribution >= 4 is 55.4 Å². The summed E-state index contributed by atoms with van der Waals surface area (Å²) in [5.41, 5.74) is 3.04. The number of likely N-dealkylation sites (tertiary alicyclic amines) is 2. The van der Waals surface area contributed by atoms with Crippen molar-refractivity contribution in [2.24, 2.45) is 5.41 Å². The number of rotatable bonds is 12. The van der Waals surface area contributed by atoms with Gasteiger partial charge in [0.15, 0.2) is 11.4 Å². The van der Waals surface area contributed by atoms with Gasteiger partial charge < -0.3 is 49.1 Å². The lowest BCUT2D eigenvalue weighted by atomic mass is 9.60. The fourth-order valence-electron chi connectivity index (χ4n) is 12.8. The molecule has 5 aromatic rings. The van der Waals surface area contributed by atoms with E-state index in [4.69, 9.17) is 23.9 Å². The summed E-state index contributed by atoms with van der Waals surface area (Å²) >= 11 is 0. The predicted molar refractivity (Wildman–Crippen MR) is 278 cm³/mol. The molecule has 12 rings (SSSR count). The van der Waals surface area contributed by atoms with E-state index < -0.39 is 43.1 Å². The average Bonchev–Trinajstić information content (AvgIpc) is 4.17. The number of nitro benzene ring substituents is 1. The molecule has 0 unspecified atom stereocenters. The maximum atomic E-state index is 14.8. The Labute approximate surface area is 430 Å². The lowest BCUT2D eigenvalue weighted by Crippen LogP contribution is -2.55. The van der Waals surface area contributed by atoms with E-state index in [-0.39, 0.29) is 53.8 Å². The molecule has 3 aromatic carbocycles. The van der Waals surface area contributed by atoms with E-state index in [1.165, 1.54) is 18.1 Å². The molecule has 8 heterocycles. The van der Waals surface area contributed by atoms with Gasteiger partial charge >= 0.3 is 0 Å². The summed E-state index contributed by atoms with van der Waals surface area (Å²) < 4.78 is 55.7. The van der Waals surface area contributed by atoms with Gasteiger partial charge in [0.2, 0.25) is 5.88 Å². The molecule has 1 saturated carbocycles. The van der Waals surface area contributed by atoms with Gasteiger partial charge in [0.1, 0.15) is 29.8 Å². The highest BCUT2D eigenvalue weighted by Gasteiger charge is 2.51. The first-order valence-corrected chi connectivity index (χ1v) is 27.7. The normalized spacial score (nSPS) is 24.6. The number of nitrogens with one attached hydrogen (secondary N) is 3. The number of carbonyl (C=O) groups excluding carboxylic acids is 1. The maximum absolute atomic E-state index is 14.8. The van der Waals surface area contributed by atoms with Gasteiger partial charge in [0.05, 0.1) is 58.1 Å². The number of aromatic nitrogens is 2. The summed E-state index contributed by atoms with van der Waals surface area (Å²) in [7, 11) is -4.72. The van der Waals surface area contributed by atoms with Crippen molar-refractivity contribution in [1.29, 1.82) is 0 Å². The van der Waals surface area contributed by atoms with Crippen LogP contribution in [-0.2, 0) is 14.8 Å². The van der Waals surface area contributed by atoms with Crippen LogP contribution in [0.15, 0.2) is 77.8 Å². The van der Waals surface area contributed by atoms with Crippen molar-refractivity contribution < 1.29 is 42.2 Å². The fourth-order valence-corrected chi connectivity index (χ4v) is 13.8. The zero-order valence-electron chi connectivity index (χ0n) is 42.1. The molecule has 6 aliphatic heterocycles. The summed E-state index contributed by atoms with van der Waals surface area (Å²) in [6.07, 6.45) is 9.32. The summed E-state index contributed by atoms with van der Waals surface area (Å²) in [6, 6.07) is 20.2. The van der Waals surface area contributed by atoms with E-state index in [1.807, 2.05) is 36.1 Å². The second-order valence-corrected chi connectivity index (χ2v) is 23.8. The van der Waals surface area contributed by atoms with E-state index in [9.17, 15) is 28.4 Å². The molecule has 20 heteroatoms. The highest BCUT2D eigenvalue weighted by molar-refractivity contribution is 7.90. The number of hydrogen-bond donors (Lipinski definition) is 4. The Hall–Kier alpha value is -6.19. The Morgan fingerprint density at radius 1 is 0.986 bits per heavy atom. The molecule has 4 atom stereocenters. The topological polar surface area (TPSA) is 217 Å². The van der Waals surface area contributed by atoms with Crippen LogP contribution in [0.2, 0.25) is 0 Å². The quantitative estimate of drug-likeness (QED) is 0.0713. The molecule has 19 nitrogen and oxygen atoms in total. The zero-order chi connectivity index (χ0) is 51.1. The average molecular weight is 1030 g/mol. The first-order valence-electron chi connectivity index (χ1n) is 26.3. The highest BCUT2D eigenvalue weighted by Crippen LogP contribution is 2.55. The number of para-hydroxylation sites is 1. The van der Waals surface area contributed by atoms with Crippen LogP contribution < -0.4 is 34.0 Å². The molecule has 1 aliphatic carbocycles. The molecular formula is C54H65N9O10S. The lowest BCUT2D eigenvalue weighted by Gasteiger charge is -2.56. The van der Waals surface area contributed by atoms with Crippen LogP contribution in [0.25, 0.3) is 11.0 Å². The minimum atomic E-state index is -4.72. The number of aliphatic hydroxyl groups is 1. The smallest absolute Gasteiger partial charge is 0.297 e. The molecule has 0 radical (unpaired) electrons. The minimum Gasteiger partial charge on any atom is -0.491 e. The first kappa shape index (κ1) is 48.7. The third kappa shape index (κ3) is 9.15. The van der Waals surface area contributed by atoms with Crippen molar-refractivity contribution in [1.82, 2.24) is 24.5 Å². The fraction of sp³-hybridized carbons (Fsp3) is 0.519. The second-order valence-electron chi connectivity index (χ2n) is 22.2. The zero-order valence-corrected chi connectivity index (χ0v) is 42.9. The molecule has 392 valence electrons. The van der Waals surface area contributed by atoms with Crippen LogP contribution in [0.1, 0.15) is 94.1 Å². The predicted octanol–water partition coefficient (Wildman–Crippen LogP) is 7.28.